The average Bonchev–Trinajstić information content (AvgIpc) is 2.58. The maximum Gasteiger partial charge on any atom is 0.222 e. The zero-order valence-electron chi connectivity index (χ0n) is 14.4. The first kappa shape index (κ1) is 17.0. The Morgan fingerprint density at radius 3 is 2.83 bits per heavy atom. The summed E-state index contributed by atoms with van der Waals surface area (Å²) in [7, 11) is 0. The Morgan fingerprint density at radius 1 is 1.38 bits per heavy atom. The van der Waals surface area contributed by atoms with Gasteiger partial charge < -0.3 is 14.4 Å². The number of aliphatic imine (C=N–C) groups is 1. The standard InChI is InChI=1S/C19H26N2O3/c1-2-20-16-5-3-6-17(13-16)24-12-4-7-18(22)21-10-8-19(9-11-21)14-23-15-19/h2-3,5-6,13H,4,7-12,14-15H2,1H3. The zero-order chi connectivity index (χ0) is 16.8. The minimum absolute atomic E-state index is 0.248. The lowest BCUT2D eigenvalue weighted by Gasteiger charge is -2.47. The second kappa shape index (κ2) is 7.79. The molecule has 2 heterocycles. The molecular formula is C19H26N2O3. The van der Waals surface area contributed by atoms with Gasteiger partial charge in [0.25, 0.3) is 0 Å². The second-order valence-corrected chi connectivity index (χ2v) is 6.71. The molecule has 0 unspecified atom stereocenters. The lowest BCUT2D eigenvalue weighted by Crippen LogP contribution is -2.52. The van der Waals surface area contributed by atoms with Gasteiger partial charge >= 0.3 is 0 Å². The molecule has 0 N–H and O–H groups in total. The first-order valence-electron chi connectivity index (χ1n) is 8.78. The Kier molecular flexibility index (Phi) is 5.51. The van der Waals surface area contributed by atoms with E-state index in [9.17, 15) is 4.79 Å². The van der Waals surface area contributed by atoms with Gasteiger partial charge in [-0.3, -0.25) is 9.79 Å². The number of nitrogens with zero attached hydrogens (tertiary/aromatic N) is 2. The molecule has 130 valence electrons. The van der Waals surface area contributed by atoms with Gasteiger partial charge in [0, 0.05) is 37.2 Å². The molecule has 3 rings (SSSR count). The summed E-state index contributed by atoms with van der Waals surface area (Å²) < 4.78 is 11.1. The molecule has 2 saturated heterocycles. The van der Waals surface area contributed by atoms with Crippen LogP contribution in [0.2, 0.25) is 0 Å². The van der Waals surface area contributed by atoms with Crippen LogP contribution in [0.15, 0.2) is 29.3 Å². The number of piperidine rings is 1. The SMILES string of the molecule is CC=Nc1cccc(OCCCC(=O)N2CCC3(CC2)COC3)c1. The first-order valence-corrected chi connectivity index (χ1v) is 8.78. The fourth-order valence-electron chi connectivity index (χ4n) is 3.28. The van der Waals surface area contributed by atoms with Crippen molar-refractivity contribution in [3.63, 3.8) is 0 Å². The van der Waals surface area contributed by atoms with Crippen molar-refractivity contribution < 1.29 is 14.3 Å². The Balaban J connectivity index is 1.36. The molecular weight excluding hydrogens is 304 g/mol. The van der Waals surface area contributed by atoms with E-state index in [2.05, 4.69) is 4.99 Å². The van der Waals surface area contributed by atoms with Crippen LogP contribution < -0.4 is 4.74 Å². The Labute approximate surface area is 143 Å². The van der Waals surface area contributed by atoms with Gasteiger partial charge in [-0.1, -0.05) is 6.07 Å². The van der Waals surface area contributed by atoms with Crippen molar-refractivity contribution in [2.45, 2.75) is 32.6 Å². The molecule has 0 saturated carbocycles. The van der Waals surface area contributed by atoms with E-state index in [-0.39, 0.29) is 5.91 Å². The van der Waals surface area contributed by atoms with Crippen molar-refractivity contribution in [3.8, 4) is 5.75 Å². The molecule has 1 aromatic carbocycles. The lowest BCUT2D eigenvalue weighted by molar-refractivity contribution is -0.153. The highest BCUT2D eigenvalue weighted by atomic mass is 16.5. The number of hydrogen-bond acceptors (Lipinski definition) is 4. The summed E-state index contributed by atoms with van der Waals surface area (Å²) in [4.78, 5) is 18.5. The molecule has 1 aromatic rings. The van der Waals surface area contributed by atoms with E-state index in [1.54, 1.807) is 6.21 Å². The molecule has 0 bridgehead atoms. The van der Waals surface area contributed by atoms with Gasteiger partial charge in [-0.2, -0.15) is 0 Å². The summed E-state index contributed by atoms with van der Waals surface area (Å²) >= 11 is 0. The van der Waals surface area contributed by atoms with E-state index in [0.717, 1.165) is 57.0 Å². The molecule has 1 spiro atoms. The van der Waals surface area contributed by atoms with Crippen LogP contribution in [0.1, 0.15) is 32.6 Å². The van der Waals surface area contributed by atoms with Gasteiger partial charge in [0.1, 0.15) is 5.75 Å². The monoisotopic (exact) mass is 330 g/mol. The number of benzene rings is 1. The number of rotatable bonds is 6. The third-order valence-corrected chi connectivity index (χ3v) is 4.89. The molecule has 5 nitrogen and oxygen atoms in total. The minimum atomic E-state index is 0.248. The van der Waals surface area contributed by atoms with Gasteiger partial charge in [-0.25, -0.2) is 0 Å². The topological polar surface area (TPSA) is 51.1 Å². The summed E-state index contributed by atoms with van der Waals surface area (Å²) in [5, 5.41) is 0. The Bertz CT molecular complexity index is 586. The van der Waals surface area contributed by atoms with Crippen molar-refractivity contribution in [3.05, 3.63) is 24.3 Å². The number of hydrogen-bond donors (Lipinski definition) is 0. The van der Waals surface area contributed by atoms with Gasteiger partial charge in [0.2, 0.25) is 5.91 Å². The fourth-order valence-corrected chi connectivity index (χ4v) is 3.28. The molecule has 2 aliphatic heterocycles. The van der Waals surface area contributed by atoms with Crippen molar-refractivity contribution in [1.29, 1.82) is 0 Å². The predicted molar refractivity (Wildman–Crippen MR) is 94.1 cm³/mol. The Hall–Kier alpha value is -1.88. The summed E-state index contributed by atoms with van der Waals surface area (Å²) in [5.74, 6) is 1.05. The van der Waals surface area contributed by atoms with Crippen molar-refractivity contribution in [2.75, 3.05) is 32.9 Å². The van der Waals surface area contributed by atoms with Crippen molar-refractivity contribution in [2.24, 2.45) is 10.4 Å². The second-order valence-electron chi connectivity index (χ2n) is 6.71. The molecule has 0 radical (unpaired) electrons. The molecule has 24 heavy (non-hydrogen) atoms. The van der Waals surface area contributed by atoms with Crippen LogP contribution in [0.4, 0.5) is 5.69 Å². The van der Waals surface area contributed by atoms with Crippen LogP contribution in [0, 0.1) is 5.41 Å². The summed E-state index contributed by atoms with van der Waals surface area (Å²) in [6.45, 7) is 5.95. The van der Waals surface area contributed by atoms with Gasteiger partial charge in [-0.15, -0.1) is 0 Å². The summed E-state index contributed by atoms with van der Waals surface area (Å²) in [6, 6.07) is 7.69. The number of ether oxygens (including phenoxy) is 2. The third kappa shape index (κ3) is 4.15. The molecule has 2 fully saturated rings. The molecule has 0 aromatic heterocycles. The zero-order valence-corrected chi connectivity index (χ0v) is 14.4. The van der Waals surface area contributed by atoms with Crippen LogP contribution in [-0.2, 0) is 9.53 Å². The van der Waals surface area contributed by atoms with E-state index in [0.29, 0.717) is 18.4 Å². The summed E-state index contributed by atoms with van der Waals surface area (Å²) in [6.07, 6.45) is 5.22. The molecule has 2 aliphatic rings. The number of likely N-dealkylation sites (tertiary alicyclic amines) is 1. The number of carbonyl (C=O) groups is 1. The summed E-state index contributed by atoms with van der Waals surface area (Å²) in [5.41, 5.74) is 1.26. The molecule has 0 aliphatic carbocycles. The van der Waals surface area contributed by atoms with Gasteiger partial charge in [-0.05, 0) is 38.3 Å². The molecule has 1 amide bonds. The maximum atomic E-state index is 12.3. The number of amides is 1. The lowest BCUT2D eigenvalue weighted by atomic mass is 9.77. The van der Waals surface area contributed by atoms with Crippen LogP contribution in [0.3, 0.4) is 0 Å². The molecule has 0 atom stereocenters. The van der Waals surface area contributed by atoms with Crippen LogP contribution in [-0.4, -0.2) is 49.9 Å². The predicted octanol–water partition coefficient (Wildman–Crippen LogP) is 3.21. The number of carbonyl (C=O) groups excluding carboxylic acids is 1. The van der Waals surface area contributed by atoms with E-state index >= 15 is 0 Å². The van der Waals surface area contributed by atoms with Crippen molar-refractivity contribution >= 4 is 17.8 Å². The van der Waals surface area contributed by atoms with Crippen LogP contribution in [0.5, 0.6) is 5.75 Å². The fraction of sp³-hybridized carbons (Fsp3) is 0.579. The highest BCUT2D eigenvalue weighted by molar-refractivity contribution is 5.76. The Morgan fingerprint density at radius 2 is 2.17 bits per heavy atom. The maximum absolute atomic E-state index is 12.3. The third-order valence-electron chi connectivity index (χ3n) is 4.89. The molecule has 5 heteroatoms. The van der Waals surface area contributed by atoms with Crippen LogP contribution >= 0.6 is 0 Å². The van der Waals surface area contributed by atoms with E-state index < -0.39 is 0 Å². The van der Waals surface area contributed by atoms with Crippen LogP contribution in [0.25, 0.3) is 0 Å². The highest BCUT2D eigenvalue weighted by Crippen LogP contribution is 2.38. The van der Waals surface area contributed by atoms with E-state index in [4.69, 9.17) is 9.47 Å². The van der Waals surface area contributed by atoms with Crippen molar-refractivity contribution in [1.82, 2.24) is 4.90 Å². The first-order chi connectivity index (χ1) is 11.7. The van der Waals surface area contributed by atoms with Gasteiger partial charge in [0.15, 0.2) is 0 Å². The largest absolute Gasteiger partial charge is 0.494 e. The van der Waals surface area contributed by atoms with Gasteiger partial charge in [0.05, 0.1) is 25.5 Å². The van der Waals surface area contributed by atoms with E-state index in [1.807, 2.05) is 36.1 Å². The smallest absolute Gasteiger partial charge is 0.222 e. The quantitative estimate of drug-likeness (QED) is 0.594. The minimum Gasteiger partial charge on any atom is -0.494 e. The average molecular weight is 330 g/mol. The van der Waals surface area contributed by atoms with E-state index in [1.165, 1.54) is 0 Å². The normalized spacial score (nSPS) is 19.5. The highest BCUT2D eigenvalue weighted by Gasteiger charge is 2.41.